The third kappa shape index (κ3) is 3.37. The van der Waals surface area contributed by atoms with E-state index >= 15 is 0 Å². The van der Waals surface area contributed by atoms with Gasteiger partial charge in [-0.15, -0.1) is 0 Å². The van der Waals surface area contributed by atoms with Gasteiger partial charge in [0.15, 0.2) is 0 Å². The Hall–Kier alpha value is -0.130. The molecule has 0 aromatic heterocycles. The van der Waals surface area contributed by atoms with E-state index in [0.717, 1.165) is 0 Å². The fraction of sp³-hybridized carbons (Fsp3) is 0.833. The van der Waals surface area contributed by atoms with Crippen LogP contribution in [0.2, 0.25) is 0 Å². The van der Waals surface area contributed by atoms with Gasteiger partial charge in [0.05, 0.1) is 0 Å². The minimum atomic E-state index is -6.80. The normalized spacial score (nSPS) is 17.8. The van der Waals surface area contributed by atoms with Crippen LogP contribution in [0.25, 0.3) is 0 Å². The SMILES string of the molecule is O=C(Cl)C(F)(F)C(F)(F)C(F)(F)OC(F)(Cl)C(F)(F)Cl. The Morgan fingerprint density at radius 3 is 1.45 bits per heavy atom. The molecule has 0 aliphatic heterocycles. The summed E-state index contributed by atoms with van der Waals surface area (Å²) >= 11 is 11.8. The van der Waals surface area contributed by atoms with Crippen LogP contribution in [0.5, 0.6) is 0 Å². The van der Waals surface area contributed by atoms with Gasteiger partial charge in [-0.2, -0.15) is 39.5 Å². The molecule has 1 unspecified atom stereocenters. The van der Waals surface area contributed by atoms with E-state index < -0.39 is 33.9 Å². The largest absolute Gasteiger partial charge is 0.430 e. The van der Waals surface area contributed by atoms with Gasteiger partial charge in [-0.3, -0.25) is 9.53 Å². The number of halogens is 12. The average Bonchev–Trinajstić information content (AvgIpc) is 2.12. The van der Waals surface area contributed by atoms with Crippen molar-refractivity contribution in [3.8, 4) is 0 Å². The van der Waals surface area contributed by atoms with Crippen molar-refractivity contribution in [3.63, 3.8) is 0 Å². The zero-order valence-electron chi connectivity index (χ0n) is 8.35. The summed E-state index contributed by atoms with van der Waals surface area (Å²) in [5.74, 6) is -13.1. The molecule has 0 aliphatic rings. The molecule has 0 saturated carbocycles. The van der Waals surface area contributed by atoms with Crippen molar-refractivity contribution in [1.29, 1.82) is 0 Å². The highest BCUT2D eigenvalue weighted by molar-refractivity contribution is 6.65. The van der Waals surface area contributed by atoms with Crippen molar-refractivity contribution >= 4 is 40.0 Å². The van der Waals surface area contributed by atoms with Crippen LogP contribution in [0.4, 0.5) is 39.5 Å². The fourth-order valence-electron chi connectivity index (χ4n) is 0.589. The minimum absolute atomic E-state index is 2.13. The second-order valence-corrected chi connectivity index (χ2v) is 4.36. The van der Waals surface area contributed by atoms with Crippen molar-refractivity contribution in [1.82, 2.24) is 0 Å². The van der Waals surface area contributed by atoms with Crippen LogP contribution in [-0.2, 0) is 9.53 Å². The van der Waals surface area contributed by atoms with Crippen molar-refractivity contribution < 1.29 is 49.0 Å². The van der Waals surface area contributed by atoms with E-state index in [1.54, 1.807) is 0 Å². The first kappa shape index (κ1) is 19.9. The van der Waals surface area contributed by atoms with Gasteiger partial charge in [0, 0.05) is 0 Å². The van der Waals surface area contributed by atoms with E-state index in [-0.39, 0.29) is 0 Å². The molecule has 0 rings (SSSR count). The summed E-state index contributed by atoms with van der Waals surface area (Å²) in [4.78, 5) is 9.97. The number of carbonyl (C=O) groups is 1. The van der Waals surface area contributed by atoms with Crippen LogP contribution in [0.15, 0.2) is 0 Å². The summed E-state index contributed by atoms with van der Waals surface area (Å²) in [6.07, 6.45) is -6.66. The number of hydrogen-bond acceptors (Lipinski definition) is 2. The van der Waals surface area contributed by atoms with Crippen LogP contribution in [0, 0.1) is 0 Å². The van der Waals surface area contributed by atoms with Gasteiger partial charge in [0.25, 0.3) is 5.24 Å². The Bertz CT molecular complexity index is 392. The second kappa shape index (κ2) is 5.25. The predicted octanol–water partition coefficient (Wildman–Crippen LogP) is 4.33. The molecule has 0 amide bonds. The van der Waals surface area contributed by atoms with Crippen molar-refractivity contribution in [3.05, 3.63) is 0 Å². The maximum atomic E-state index is 12.7. The minimum Gasteiger partial charge on any atom is -0.274 e. The van der Waals surface area contributed by atoms with Gasteiger partial charge in [0.1, 0.15) is 0 Å². The smallest absolute Gasteiger partial charge is 0.274 e. The van der Waals surface area contributed by atoms with E-state index in [9.17, 15) is 44.3 Å². The first-order valence-electron chi connectivity index (χ1n) is 3.88. The number of rotatable bonds is 6. The molecule has 0 aliphatic carbocycles. The van der Waals surface area contributed by atoms with Gasteiger partial charge >= 0.3 is 28.6 Å². The van der Waals surface area contributed by atoms with Crippen molar-refractivity contribution in [2.75, 3.05) is 0 Å². The Kier molecular flexibility index (Phi) is 5.22. The van der Waals surface area contributed by atoms with Gasteiger partial charge in [-0.05, 0) is 34.8 Å². The summed E-state index contributed by atoms with van der Waals surface area (Å²) in [6, 6.07) is 0. The molecule has 0 spiro atoms. The predicted molar refractivity (Wildman–Crippen MR) is 47.3 cm³/mol. The van der Waals surface area contributed by atoms with Crippen LogP contribution in [0.1, 0.15) is 0 Å². The molecule has 0 aromatic carbocycles. The van der Waals surface area contributed by atoms with Crippen LogP contribution in [0.3, 0.4) is 0 Å². The molecule has 0 aromatic rings. The zero-order valence-corrected chi connectivity index (χ0v) is 10.6. The lowest BCUT2D eigenvalue weighted by atomic mass is 10.1. The van der Waals surface area contributed by atoms with E-state index in [1.165, 1.54) is 0 Å². The molecule has 0 saturated heterocycles. The lowest BCUT2D eigenvalue weighted by molar-refractivity contribution is -0.428. The second-order valence-electron chi connectivity index (χ2n) is 3.06. The van der Waals surface area contributed by atoms with Gasteiger partial charge in [-0.1, -0.05) is 0 Å². The Labute approximate surface area is 118 Å². The topological polar surface area (TPSA) is 26.3 Å². The van der Waals surface area contributed by atoms with Gasteiger partial charge < -0.3 is 0 Å². The molecule has 20 heavy (non-hydrogen) atoms. The number of hydrogen-bond donors (Lipinski definition) is 0. The molecular weight excluding hydrogens is 381 g/mol. The number of ether oxygens (including phenoxy) is 1. The summed E-state index contributed by atoms with van der Waals surface area (Å²) in [5.41, 5.74) is 0. The quantitative estimate of drug-likeness (QED) is 0.389. The molecule has 0 radical (unpaired) electrons. The van der Waals surface area contributed by atoms with E-state index in [1.807, 2.05) is 0 Å². The third-order valence-electron chi connectivity index (χ3n) is 1.59. The molecule has 1 atom stereocenters. The van der Waals surface area contributed by atoms with E-state index in [0.29, 0.717) is 0 Å². The summed E-state index contributed by atoms with van der Waals surface area (Å²) in [5, 5.41) is -14.2. The Morgan fingerprint density at radius 2 is 1.20 bits per heavy atom. The number of carbonyl (C=O) groups excluding carboxylic acids is 1. The van der Waals surface area contributed by atoms with Crippen molar-refractivity contribution in [2.45, 2.75) is 28.6 Å². The van der Waals surface area contributed by atoms with Crippen LogP contribution >= 0.6 is 34.8 Å². The molecule has 14 heteroatoms. The third-order valence-corrected chi connectivity index (χ3v) is 2.48. The maximum Gasteiger partial charge on any atom is 0.430 e. The monoisotopic (exact) mass is 380 g/mol. The average molecular weight is 381 g/mol. The van der Waals surface area contributed by atoms with E-state index in [4.69, 9.17) is 0 Å². The fourth-order valence-corrected chi connectivity index (χ4v) is 0.843. The Balaban J connectivity index is 5.60. The highest BCUT2D eigenvalue weighted by atomic mass is 35.5. The molecule has 0 fully saturated rings. The highest BCUT2D eigenvalue weighted by Crippen LogP contribution is 2.52. The lowest BCUT2D eigenvalue weighted by Gasteiger charge is -2.33. The number of alkyl halides is 11. The first-order valence-corrected chi connectivity index (χ1v) is 5.01. The Morgan fingerprint density at radius 1 is 0.850 bits per heavy atom. The molecule has 2 nitrogen and oxygen atoms in total. The highest BCUT2D eigenvalue weighted by Gasteiger charge is 2.78. The molecular formula is C6Cl3F9O2. The van der Waals surface area contributed by atoms with Gasteiger partial charge in [0.2, 0.25) is 0 Å². The first-order chi connectivity index (χ1) is 8.40. The van der Waals surface area contributed by atoms with Crippen LogP contribution < -0.4 is 0 Å². The maximum absolute atomic E-state index is 12.7. The molecule has 0 heterocycles. The molecule has 0 N–H and O–H groups in total. The van der Waals surface area contributed by atoms with Crippen LogP contribution in [-0.4, -0.2) is 33.9 Å². The molecule has 120 valence electrons. The zero-order chi connectivity index (χ0) is 16.8. The van der Waals surface area contributed by atoms with Gasteiger partial charge in [-0.25, -0.2) is 0 Å². The summed E-state index contributed by atoms with van der Waals surface area (Å²) in [6.45, 7) is 0. The van der Waals surface area contributed by atoms with E-state index in [2.05, 4.69) is 39.5 Å². The standard InChI is InChI=1S/C6Cl3F9O2/c7-1(19)2(10,11)3(12,13)6(17,18)20-5(9,16)4(8,14)15. The summed E-state index contributed by atoms with van der Waals surface area (Å²) < 4.78 is 115. The molecule has 0 bridgehead atoms. The van der Waals surface area contributed by atoms with Crippen molar-refractivity contribution in [2.24, 2.45) is 0 Å². The summed E-state index contributed by atoms with van der Waals surface area (Å²) in [7, 11) is 0. The lowest BCUT2D eigenvalue weighted by Crippen LogP contribution is -2.60.